The first-order valence-corrected chi connectivity index (χ1v) is 8.73. The number of rotatable bonds is 6. The topological polar surface area (TPSA) is 70.1 Å². The van der Waals surface area contributed by atoms with Gasteiger partial charge in [0.1, 0.15) is 11.6 Å². The summed E-state index contributed by atoms with van der Waals surface area (Å²) in [5.74, 6) is -1.20. The molecule has 142 valence electrons. The van der Waals surface area contributed by atoms with Gasteiger partial charge in [-0.2, -0.15) is 18.2 Å². The van der Waals surface area contributed by atoms with Gasteiger partial charge in [0.2, 0.25) is 5.95 Å². The Morgan fingerprint density at radius 1 is 1.19 bits per heavy atom. The predicted molar refractivity (Wildman–Crippen MR) is 98.8 cm³/mol. The molecule has 1 atom stereocenters. The summed E-state index contributed by atoms with van der Waals surface area (Å²) < 4.78 is 54.0. The molecule has 10 heteroatoms. The van der Waals surface area contributed by atoms with E-state index in [0.29, 0.717) is 9.64 Å². The number of hydrogen-bond acceptors (Lipinski definition) is 5. The molecule has 0 radical (unpaired) electrons. The minimum atomic E-state index is -4.70. The summed E-state index contributed by atoms with van der Waals surface area (Å²) >= 11 is 1.92. The highest BCUT2D eigenvalue weighted by molar-refractivity contribution is 14.1. The first kappa shape index (κ1) is 20.6. The highest BCUT2D eigenvalue weighted by Gasteiger charge is 2.34. The van der Waals surface area contributed by atoms with E-state index in [4.69, 9.17) is 0 Å². The number of aromatic nitrogens is 2. The number of nitrogens with one attached hydrogen (secondary N) is 2. The number of alkyl halides is 3. The van der Waals surface area contributed by atoms with Gasteiger partial charge in [0.15, 0.2) is 5.69 Å². The molecule has 0 aliphatic heterocycles. The number of benzene rings is 1. The predicted octanol–water partition coefficient (Wildman–Crippen LogP) is 4.41. The maximum Gasteiger partial charge on any atom is 0.433 e. The second-order valence-corrected chi connectivity index (χ2v) is 7.13. The van der Waals surface area contributed by atoms with Gasteiger partial charge in [-0.1, -0.05) is 13.8 Å². The summed E-state index contributed by atoms with van der Waals surface area (Å²) in [6, 6.07) is 4.43. The molecule has 0 amide bonds. The molecule has 0 spiro atoms. The van der Waals surface area contributed by atoms with Crippen LogP contribution in [-0.4, -0.2) is 27.7 Å². The Morgan fingerprint density at radius 2 is 1.88 bits per heavy atom. The Morgan fingerprint density at radius 3 is 2.42 bits per heavy atom. The minimum Gasteiger partial charge on any atom is -0.394 e. The van der Waals surface area contributed by atoms with Crippen LogP contribution in [0, 0.1) is 15.3 Å². The van der Waals surface area contributed by atoms with Gasteiger partial charge in [-0.25, -0.2) is 9.37 Å². The molecule has 0 aliphatic carbocycles. The Labute approximate surface area is 161 Å². The van der Waals surface area contributed by atoms with Gasteiger partial charge in [0.05, 0.1) is 18.3 Å². The molecule has 0 unspecified atom stereocenters. The third-order valence-electron chi connectivity index (χ3n) is 3.53. The van der Waals surface area contributed by atoms with Gasteiger partial charge < -0.3 is 15.7 Å². The number of hydrogen-bond donors (Lipinski definition) is 3. The molecule has 3 N–H and O–H groups in total. The largest absolute Gasteiger partial charge is 0.433 e. The van der Waals surface area contributed by atoms with E-state index in [1.54, 1.807) is 19.9 Å². The van der Waals surface area contributed by atoms with Crippen LogP contribution in [0.5, 0.6) is 0 Å². The van der Waals surface area contributed by atoms with Crippen molar-refractivity contribution in [3.8, 4) is 0 Å². The van der Waals surface area contributed by atoms with Crippen LogP contribution in [0.25, 0.3) is 0 Å². The summed E-state index contributed by atoms with van der Waals surface area (Å²) in [6.07, 6.45) is -4.70. The molecule has 2 rings (SSSR count). The van der Waals surface area contributed by atoms with Crippen molar-refractivity contribution >= 4 is 40.0 Å². The van der Waals surface area contributed by atoms with Crippen LogP contribution in [0.15, 0.2) is 24.3 Å². The van der Waals surface area contributed by atoms with E-state index in [2.05, 4.69) is 20.6 Å². The van der Waals surface area contributed by atoms with Gasteiger partial charge in [0.25, 0.3) is 0 Å². The fourth-order valence-corrected chi connectivity index (χ4v) is 2.49. The van der Waals surface area contributed by atoms with E-state index < -0.39 is 23.7 Å². The highest BCUT2D eigenvalue weighted by atomic mass is 127. The lowest BCUT2D eigenvalue weighted by atomic mass is 10.1. The third-order valence-corrected chi connectivity index (χ3v) is 4.20. The Bertz CT molecular complexity index is 770. The molecule has 1 heterocycles. The maximum absolute atomic E-state index is 14.0. The Kier molecular flexibility index (Phi) is 6.61. The monoisotopic (exact) mass is 484 g/mol. The quantitative estimate of drug-likeness (QED) is 0.419. The van der Waals surface area contributed by atoms with Gasteiger partial charge in [-0.05, 0) is 46.7 Å². The zero-order valence-electron chi connectivity index (χ0n) is 13.9. The van der Waals surface area contributed by atoms with Crippen molar-refractivity contribution in [2.75, 3.05) is 17.2 Å². The second kappa shape index (κ2) is 8.33. The van der Waals surface area contributed by atoms with Gasteiger partial charge in [-0.15, -0.1) is 0 Å². The zero-order valence-corrected chi connectivity index (χ0v) is 16.1. The first-order valence-electron chi connectivity index (χ1n) is 7.66. The van der Waals surface area contributed by atoms with Crippen LogP contribution in [-0.2, 0) is 6.18 Å². The summed E-state index contributed by atoms with van der Waals surface area (Å²) in [7, 11) is 0. The van der Waals surface area contributed by atoms with Crippen molar-refractivity contribution in [1.29, 1.82) is 0 Å². The zero-order chi connectivity index (χ0) is 19.5. The molecular weight excluding hydrogens is 467 g/mol. The average molecular weight is 484 g/mol. The molecule has 1 aromatic heterocycles. The molecule has 1 aromatic carbocycles. The van der Waals surface area contributed by atoms with Crippen LogP contribution in [0.1, 0.15) is 19.5 Å². The van der Waals surface area contributed by atoms with E-state index >= 15 is 0 Å². The van der Waals surface area contributed by atoms with Crippen molar-refractivity contribution in [2.24, 2.45) is 5.92 Å². The molecule has 26 heavy (non-hydrogen) atoms. The first-order chi connectivity index (χ1) is 12.1. The second-order valence-electron chi connectivity index (χ2n) is 5.89. The van der Waals surface area contributed by atoms with Crippen molar-refractivity contribution in [3.63, 3.8) is 0 Å². The molecule has 0 saturated heterocycles. The standard InChI is InChI=1S/C16H17F4IN4O/c1-8(2)12(7-26)23-15-24-13(16(18,19)20)6-14(25-15)22-11-4-3-9(21)5-10(11)17/h3-6,8,12,26H,7H2,1-2H3,(H2,22,23,24,25)/t12-/m1/s1. The SMILES string of the molecule is CC(C)[C@@H](CO)Nc1nc(Nc2ccc(I)cc2F)cc(C(F)(F)F)n1. The van der Waals surface area contributed by atoms with E-state index in [1.807, 2.05) is 22.6 Å². The van der Waals surface area contributed by atoms with Gasteiger partial charge in [0, 0.05) is 9.64 Å². The summed E-state index contributed by atoms with van der Waals surface area (Å²) in [5, 5.41) is 14.6. The lowest BCUT2D eigenvalue weighted by molar-refractivity contribution is -0.141. The van der Waals surface area contributed by atoms with Gasteiger partial charge in [-0.3, -0.25) is 0 Å². The van der Waals surface area contributed by atoms with Crippen molar-refractivity contribution in [2.45, 2.75) is 26.1 Å². The summed E-state index contributed by atoms with van der Waals surface area (Å²) in [5.41, 5.74) is -1.19. The smallest absolute Gasteiger partial charge is 0.394 e. The number of anilines is 3. The molecule has 2 aromatic rings. The van der Waals surface area contributed by atoms with E-state index in [9.17, 15) is 22.7 Å². The molecule has 5 nitrogen and oxygen atoms in total. The normalized spacial score (nSPS) is 13.0. The third kappa shape index (κ3) is 5.40. The lowest BCUT2D eigenvalue weighted by Gasteiger charge is -2.21. The van der Waals surface area contributed by atoms with Crippen molar-refractivity contribution in [1.82, 2.24) is 9.97 Å². The van der Waals surface area contributed by atoms with E-state index in [1.165, 1.54) is 12.1 Å². The van der Waals surface area contributed by atoms with Crippen LogP contribution < -0.4 is 10.6 Å². The fraction of sp³-hybridized carbons (Fsp3) is 0.375. The average Bonchev–Trinajstić information content (AvgIpc) is 2.54. The molecule has 0 fully saturated rings. The van der Waals surface area contributed by atoms with Crippen LogP contribution in [0.3, 0.4) is 0 Å². The molecule has 0 aliphatic rings. The van der Waals surface area contributed by atoms with Crippen molar-refractivity contribution < 1.29 is 22.7 Å². The summed E-state index contributed by atoms with van der Waals surface area (Å²) in [4.78, 5) is 7.42. The van der Waals surface area contributed by atoms with E-state index in [0.717, 1.165) is 0 Å². The number of aliphatic hydroxyl groups is 1. The Hall–Kier alpha value is -1.69. The van der Waals surface area contributed by atoms with Crippen LogP contribution in [0.2, 0.25) is 0 Å². The van der Waals surface area contributed by atoms with Crippen LogP contribution >= 0.6 is 22.6 Å². The lowest BCUT2D eigenvalue weighted by Crippen LogP contribution is -2.30. The number of aliphatic hydroxyl groups excluding tert-OH is 1. The highest BCUT2D eigenvalue weighted by Crippen LogP contribution is 2.31. The van der Waals surface area contributed by atoms with Gasteiger partial charge >= 0.3 is 6.18 Å². The maximum atomic E-state index is 14.0. The van der Waals surface area contributed by atoms with Crippen molar-refractivity contribution in [3.05, 3.63) is 39.3 Å². The molecular formula is C16H17F4IN4O. The number of halogens is 5. The Balaban J connectivity index is 2.39. The van der Waals surface area contributed by atoms with Crippen LogP contribution in [0.4, 0.5) is 35.0 Å². The van der Waals surface area contributed by atoms with E-state index in [-0.39, 0.29) is 30.0 Å². The number of nitrogens with zero attached hydrogens (tertiary/aromatic N) is 2. The summed E-state index contributed by atoms with van der Waals surface area (Å²) in [6.45, 7) is 3.29. The molecule has 0 bridgehead atoms. The molecule has 0 saturated carbocycles. The minimum absolute atomic E-state index is 0.00856. The fourth-order valence-electron chi connectivity index (χ4n) is 2.04.